The van der Waals surface area contributed by atoms with Gasteiger partial charge in [-0.05, 0) is 49.2 Å². The normalized spacial score (nSPS) is 14.2. The summed E-state index contributed by atoms with van der Waals surface area (Å²) in [5, 5.41) is 9.53. The Labute approximate surface area is 169 Å². The molecular formula is C25H31N2O+. The molecule has 0 atom stereocenters. The van der Waals surface area contributed by atoms with E-state index in [0.717, 1.165) is 47.6 Å². The van der Waals surface area contributed by atoms with Crippen LogP contribution in [0.3, 0.4) is 0 Å². The van der Waals surface area contributed by atoms with Crippen molar-refractivity contribution in [2.75, 3.05) is 20.3 Å². The summed E-state index contributed by atoms with van der Waals surface area (Å²) in [6.45, 7) is 9.14. The molecular weight excluding hydrogens is 344 g/mol. The molecule has 0 spiro atoms. The van der Waals surface area contributed by atoms with Gasteiger partial charge in [-0.2, -0.15) is 5.26 Å². The smallest absolute Gasteiger partial charge is 0.173 e. The van der Waals surface area contributed by atoms with E-state index >= 15 is 0 Å². The van der Waals surface area contributed by atoms with Crippen molar-refractivity contribution in [1.29, 1.82) is 5.26 Å². The van der Waals surface area contributed by atoms with Gasteiger partial charge >= 0.3 is 0 Å². The quantitative estimate of drug-likeness (QED) is 0.561. The highest BCUT2D eigenvalue weighted by atomic mass is 16.7. The standard InChI is InChI=1S/C24H26NO.CH5N/c1-19-6-11-22(12-7-19)20(2)8-9-21-10-13-23(24(16-21)17-25)18-26-14-4-3-5-15-26;1-2/h6-13,16H,2-5,14-15,18H2,1H3;2H2,1H3/q+1;/b9-8+;. The van der Waals surface area contributed by atoms with E-state index < -0.39 is 0 Å². The Morgan fingerprint density at radius 2 is 1.79 bits per heavy atom. The van der Waals surface area contributed by atoms with Crippen molar-refractivity contribution < 1.29 is 4.37 Å². The van der Waals surface area contributed by atoms with Crippen LogP contribution in [0.2, 0.25) is 0 Å². The van der Waals surface area contributed by atoms with E-state index in [9.17, 15) is 5.26 Å². The van der Waals surface area contributed by atoms with Crippen LogP contribution in [0.15, 0.2) is 55.1 Å². The number of rotatable bonds is 5. The molecule has 2 N–H and O–H groups in total. The van der Waals surface area contributed by atoms with E-state index in [2.05, 4.69) is 66.1 Å². The van der Waals surface area contributed by atoms with Crippen LogP contribution in [0.4, 0.5) is 0 Å². The maximum atomic E-state index is 9.53. The van der Waals surface area contributed by atoms with Gasteiger partial charge in [0, 0.05) is 18.4 Å². The lowest BCUT2D eigenvalue weighted by Gasteiger charge is -2.23. The lowest BCUT2D eigenvalue weighted by molar-refractivity contribution is -0.170. The van der Waals surface area contributed by atoms with Crippen molar-refractivity contribution in [2.24, 2.45) is 5.73 Å². The zero-order chi connectivity index (χ0) is 20.4. The van der Waals surface area contributed by atoms with Crippen molar-refractivity contribution in [2.45, 2.75) is 32.8 Å². The summed E-state index contributed by atoms with van der Waals surface area (Å²) < 4.78 is 3.30. The van der Waals surface area contributed by atoms with Gasteiger partial charge in [0.05, 0.1) is 11.6 Å². The van der Waals surface area contributed by atoms with Crippen LogP contribution >= 0.6 is 0 Å². The Balaban J connectivity index is 0.00000136. The number of hydrogen-bond donors (Lipinski definition) is 1. The molecule has 1 aliphatic rings. The van der Waals surface area contributed by atoms with Gasteiger partial charge in [0.2, 0.25) is 0 Å². The van der Waals surface area contributed by atoms with Gasteiger partial charge in [-0.25, -0.2) is 0 Å². The topological polar surface area (TPSA) is 52.5 Å². The zero-order valence-corrected chi connectivity index (χ0v) is 17.1. The molecule has 2 aromatic rings. The molecule has 3 nitrogen and oxygen atoms in total. The van der Waals surface area contributed by atoms with Crippen molar-refractivity contribution in [1.82, 2.24) is 0 Å². The Kier molecular flexibility index (Phi) is 8.68. The third-order valence-electron chi connectivity index (χ3n) is 4.88. The second-order valence-electron chi connectivity index (χ2n) is 6.98. The monoisotopic (exact) mass is 375 g/mol. The lowest BCUT2D eigenvalue weighted by atomic mass is 10.0. The molecule has 1 aliphatic heterocycles. The Hall–Kier alpha value is -2.67. The Morgan fingerprint density at radius 3 is 2.43 bits per heavy atom. The molecule has 0 saturated carbocycles. The summed E-state index contributed by atoms with van der Waals surface area (Å²) in [6, 6.07) is 16.8. The fourth-order valence-electron chi connectivity index (χ4n) is 3.24. The van der Waals surface area contributed by atoms with Gasteiger partial charge < -0.3 is 10.1 Å². The number of nitriles is 1. The van der Waals surface area contributed by atoms with Crippen LogP contribution in [-0.2, 0) is 11.0 Å². The van der Waals surface area contributed by atoms with E-state index in [0.29, 0.717) is 0 Å². The first-order valence-corrected chi connectivity index (χ1v) is 9.84. The van der Waals surface area contributed by atoms with E-state index in [1.165, 1.54) is 31.9 Å². The Bertz CT molecular complexity index is 838. The summed E-state index contributed by atoms with van der Waals surface area (Å²) in [6.07, 6.45) is 7.81. The van der Waals surface area contributed by atoms with Crippen LogP contribution in [0.25, 0.3) is 11.6 Å². The number of nitrogens with two attached hydrogens (primary N) is 1. The van der Waals surface area contributed by atoms with Crippen LogP contribution in [0.5, 0.6) is 0 Å². The third-order valence-corrected chi connectivity index (χ3v) is 4.88. The minimum Gasteiger partial charge on any atom is -0.418 e. The summed E-state index contributed by atoms with van der Waals surface area (Å²) >= 11 is 0. The average molecular weight is 376 g/mol. The van der Waals surface area contributed by atoms with Gasteiger partial charge in [0.25, 0.3) is 0 Å². The zero-order valence-electron chi connectivity index (χ0n) is 17.1. The largest absolute Gasteiger partial charge is 0.418 e. The lowest BCUT2D eigenvalue weighted by Crippen LogP contribution is -2.21. The van der Waals surface area contributed by atoms with Crippen molar-refractivity contribution in [3.05, 3.63) is 82.9 Å². The highest BCUT2D eigenvalue weighted by Gasteiger charge is 2.17. The summed E-state index contributed by atoms with van der Waals surface area (Å²) in [7, 11) is 1.50. The molecule has 0 amide bonds. The van der Waals surface area contributed by atoms with Crippen molar-refractivity contribution in [3.63, 3.8) is 0 Å². The van der Waals surface area contributed by atoms with Crippen molar-refractivity contribution >= 4 is 11.6 Å². The highest BCUT2D eigenvalue weighted by Crippen LogP contribution is 2.22. The maximum Gasteiger partial charge on any atom is 0.173 e. The molecule has 0 radical (unpaired) electrons. The van der Waals surface area contributed by atoms with Gasteiger partial charge in [-0.15, -0.1) is 0 Å². The van der Waals surface area contributed by atoms with Gasteiger partial charge in [-0.3, -0.25) is 0 Å². The highest BCUT2D eigenvalue weighted by molar-refractivity contribution is 5.77. The number of allylic oxidation sites excluding steroid dienone is 2. The minimum atomic E-state index is 0.756. The molecule has 3 rings (SSSR count). The number of aryl methyl sites for hydroxylation is 1. The third kappa shape index (κ3) is 6.20. The van der Waals surface area contributed by atoms with Gasteiger partial charge in [-0.1, -0.05) is 54.6 Å². The molecule has 1 fully saturated rings. The molecule has 0 aliphatic carbocycles. The van der Waals surface area contributed by atoms with E-state index in [1.54, 1.807) is 0 Å². The first kappa shape index (κ1) is 21.6. The number of benzene rings is 2. The molecule has 1 heterocycles. The second-order valence-corrected chi connectivity index (χ2v) is 6.98. The van der Waals surface area contributed by atoms with Crippen LogP contribution in [0.1, 0.15) is 47.1 Å². The first-order valence-electron chi connectivity index (χ1n) is 9.84. The predicted octanol–water partition coefficient (Wildman–Crippen LogP) is 5.40. The Morgan fingerprint density at radius 1 is 1.11 bits per heavy atom. The molecule has 0 unspecified atom stereocenters. The van der Waals surface area contributed by atoms with Gasteiger partial charge in [0.15, 0.2) is 6.61 Å². The maximum absolute atomic E-state index is 9.53. The predicted molar refractivity (Wildman–Crippen MR) is 119 cm³/mol. The average Bonchev–Trinajstić information content (AvgIpc) is 2.75. The number of hydrogen-bond acceptors (Lipinski definition) is 2. The molecule has 2 aromatic carbocycles. The second kappa shape index (κ2) is 11.2. The molecule has 0 bridgehead atoms. The minimum absolute atomic E-state index is 0.756. The molecule has 3 heteroatoms. The summed E-state index contributed by atoms with van der Waals surface area (Å²) in [5.74, 6) is 0. The van der Waals surface area contributed by atoms with E-state index in [4.69, 9.17) is 0 Å². The fourth-order valence-corrected chi connectivity index (χ4v) is 3.24. The molecule has 146 valence electrons. The summed E-state index contributed by atoms with van der Waals surface area (Å²) in [5.41, 5.74) is 10.7. The van der Waals surface area contributed by atoms with E-state index in [-0.39, 0.29) is 0 Å². The van der Waals surface area contributed by atoms with E-state index in [1.807, 2.05) is 18.2 Å². The van der Waals surface area contributed by atoms with Gasteiger partial charge in [0.1, 0.15) is 13.2 Å². The fraction of sp³-hybridized carbons (Fsp3) is 0.320. The first-order chi connectivity index (χ1) is 13.7. The van der Waals surface area contributed by atoms with Crippen LogP contribution in [-0.4, -0.2) is 20.3 Å². The summed E-state index contributed by atoms with van der Waals surface area (Å²) in [4.78, 5) is 0. The molecule has 0 aromatic heterocycles. The van der Waals surface area contributed by atoms with Crippen LogP contribution in [0, 0.1) is 18.3 Å². The molecule has 1 saturated heterocycles. The van der Waals surface area contributed by atoms with Crippen LogP contribution < -0.4 is 5.73 Å². The number of nitrogens with zero attached hydrogens (tertiary/aromatic N) is 1. The molecule has 28 heavy (non-hydrogen) atoms. The SMILES string of the molecule is C=C(/C=C/c1ccc(C[O+]2CCCCC2)c(C#N)c1)c1ccc(C)cc1.CN. The van der Waals surface area contributed by atoms with Crippen molar-refractivity contribution in [3.8, 4) is 6.07 Å².